The number of carboxylic acid groups (broad SMARTS) is 1. The molecule has 2 fully saturated rings. The standard InChI is InChI=1S/C44H54O13/c1-23-12-10-17-33(52-5)35(23)40(49)55-36-25(3)53-34(21-31(36)45)54-32-16-11-15-30-28(32)19-18-26-13-8-6-7-9-14-27-20-29(39(47)48)24(2)22-44(27)38(46)37(41(50)57-44)56-42(51)43(26,30)4/h9-10,12,14,17-20,24-28,30-32,34,36,45-46H,6-8,11,13,15-16,21-22H2,1-5H3,(H,47,48)/b14-9+/t24-,25+,26+,27-,28+,30-,31-,32-,34+,36+,43-,44-/m1/s1. The third kappa shape index (κ3) is 7.31. The molecule has 308 valence electrons. The van der Waals surface area contributed by atoms with E-state index in [1.165, 1.54) is 13.2 Å². The van der Waals surface area contributed by atoms with Crippen LogP contribution in [0, 0.1) is 41.9 Å². The Hall–Kier alpha value is -4.46. The number of aliphatic hydroxyl groups excluding tert-OH is 2. The van der Waals surface area contributed by atoms with E-state index >= 15 is 0 Å². The number of aliphatic carboxylic acids is 1. The van der Waals surface area contributed by atoms with Crippen LogP contribution in [0.15, 0.2) is 65.7 Å². The predicted molar refractivity (Wildman–Crippen MR) is 204 cm³/mol. The second-order valence-corrected chi connectivity index (χ2v) is 16.8. The van der Waals surface area contributed by atoms with Gasteiger partial charge in [0.2, 0.25) is 0 Å². The van der Waals surface area contributed by atoms with Gasteiger partial charge in [-0.15, -0.1) is 0 Å². The maximum Gasteiger partial charge on any atom is 0.379 e. The van der Waals surface area contributed by atoms with Crippen molar-refractivity contribution in [3.8, 4) is 5.75 Å². The highest BCUT2D eigenvalue weighted by Gasteiger charge is 2.60. The average Bonchev–Trinajstić information content (AvgIpc) is 3.39. The highest BCUT2D eigenvalue weighted by molar-refractivity contribution is 5.95. The van der Waals surface area contributed by atoms with E-state index in [1.54, 1.807) is 45.0 Å². The van der Waals surface area contributed by atoms with E-state index in [0.29, 0.717) is 37.0 Å². The van der Waals surface area contributed by atoms with Crippen LogP contribution in [0.2, 0.25) is 0 Å². The molecule has 1 saturated heterocycles. The number of allylic oxidation sites excluding steroid dienone is 2. The Morgan fingerprint density at radius 1 is 1.02 bits per heavy atom. The highest BCUT2D eigenvalue weighted by Crippen LogP contribution is 2.55. The minimum Gasteiger partial charge on any atom is -0.505 e. The van der Waals surface area contributed by atoms with Gasteiger partial charge in [0.25, 0.3) is 5.76 Å². The van der Waals surface area contributed by atoms with Gasteiger partial charge in [-0.25, -0.2) is 14.4 Å². The number of hydrogen-bond donors (Lipinski definition) is 3. The Morgan fingerprint density at radius 2 is 1.81 bits per heavy atom. The van der Waals surface area contributed by atoms with Crippen molar-refractivity contribution in [2.24, 2.45) is 35.0 Å². The summed E-state index contributed by atoms with van der Waals surface area (Å²) in [6, 6.07) is 5.24. The summed E-state index contributed by atoms with van der Waals surface area (Å²) in [7, 11) is 1.48. The van der Waals surface area contributed by atoms with E-state index in [9.17, 15) is 34.5 Å². The molecule has 3 aliphatic heterocycles. The third-order valence-electron chi connectivity index (χ3n) is 13.3. The van der Waals surface area contributed by atoms with Crippen LogP contribution in [0.1, 0.15) is 94.5 Å². The Balaban J connectivity index is 1.11. The lowest BCUT2D eigenvalue weighted by Crippen LogP contribution is -2.54. The normalized spacial score (nSPS) is 38.6. The first-order valence-corrected chi connectivity index (χ1v) is 20.2. The van der Waals surface area contributed by atoms with Gasteiger partial charge in [0.05, 0.1) is 30.8 Å². The van der Waals surface area contributed by atoms with Crippen molar-refractivity contribution in [3.63, 3.8) is 0 Å². The van der Waals surface area contributed by atoms with E-state index in [0.717, 1.165) is 19.3 Å². The second kappa shape index (κ2) is 16.1. The molecule has 1 aromatic rings. The van der Waals surface area contributed by atoms with Crippen LogP contribution in [0.4, 0.5) is 0 Å². The first-order chi connectivity index (χ1) is 27.2. The summed E-state index contributed by atoms with van der Waals surface area (Å²) >= 11 is 0. The Bertz CT molecular complexity index is 1880. The summed E-state index contributed by atoms with van der Waals surface area (Å²) in [6.07, 6.45) is 10.6. The largest absolute Gasteiger partial charge is 0.505 e. The van der Waals surface area contributed by atoms with Crippen molar-refractivity contribution in [1.82, 2.24) is 0 Å². The predicted octanol–water partition coefficient (Wildman–Crippen LogP) is 6.42. The smallest absolute Gasteiger partial charge is 0.379 e. The number of hydrogen-bond acceptors (Lipinski definition) is 12. The Labute approximate surface area is 332 Å². The minimum atomic E-state index is -1.60. The zero-order valence-corrected chi connectivity index (χ0v) is 33.2. The molecular weight excluding hydrogens is 736 g/mol. The summed E-state index contributed by atoms with van der Waals surface area (Å²) in [5.74, 6) is -6.05. The maximum atomic E-state index is 14.6. The molecule has 0 unspecified atom stereocenters. The number of fused-ring (bicyclic) bond motifs is 3. The van der Waals surface area contributed by atoms with Crippen molar-refractivity contribution in [1.29, 1.82) is 0 Å². The van der Waals surface area contributed by atoms with Crippen molar-refractivity contribution in [2.45, 2.75) is 122 Å². The van der Waals surface area contributed by atoms with E-state index in [4.69, 9.17) is 28.4 Å². The lowest BCUT2D eigenvalue weighted by Gasteiger charge is -2.51. The summed E-state index contributed by atoms with van der Waals surface area (Å²) in [5.41, 5.74) is -1.59. The van der Waals surface area contributed by atoms with Gasteiger partial charge < -0.3 is 43.7 Å². The van der Waals surface area contributed by atoms with Crippen LogP contribution in [0.3, 0.4) is 0 Å². The van der Waals surface area contributed by atoms with E-state index < -0.39 is 82.8 Å². The molecule has 1 spiro atoms. The topological polar surface area (TPSA) is 184 Å². The second-order valence-electron chi connectivity index (χ2n) is 16.8. The van der Waals surface area contributed by atoms with Gasteiger partial charge in [0.1, 0.15) is 11.3 Å². The van der Waals surface area contributed by atoms with Gasteiger partial charge in [0.15, 0.2) is 23.8 Å². The first-order valence-electron chi connectivity index (χ1n) is 20.2. The number of carbonyl (C=O) groups excluding carboxylic acids is 3. The molecule has 13 nitrogen and oxygen atoms in total. The molecule has 57 heavy (non-hydrogen) atoms. The number of ether oxygens (including phenoxy) is 6. The fourth-order valence-corrected chi connectivity index (χ4v) is 10.2. The third-order valence-corrected chi connectivity index (χ3v) is 13.3. The number of carbonyl (C=O) groups is 4. The van der Waals surface area contributed by atoms with Crippen LogP contribution in [0.5, 0.6) is 5.75 Å². The lowest BCUT2D eigenvalue weighted by atomic mass is 9.55. The van der Waals surface area contributed by atoms with E-state index in [-0.39, 0.29) is 47.8 Å². The maximum absolute atomic E-state index is 14.6. The van der Waals surface area contributed by atoms with Gasteiger partial charge in [-0.1, -0.05) is 62.3 Å². The summed E-state index contributed by atoms with van der Waals surface area (Å²) in [4.78, 5) is 53.5. The van der Waals surface area contributed by atoms with Gasteiger partial charge in [0, 0.05) is 30.3 Å². The van der Waals surface area contributed by atoms with E-state index in [1.807, 2.05) is 13.0 Å². The van der Waals surface area contributed by atoms with Crippen LogP contribution < -0.4 is 4.74 Å². The van der Waals surface area contributed by atoms with Gasteiger partial charge in [-0.05, 0) is 82.3 Å². The first kappa shape index (κ1) is 40.7. The van der Waals surface area contributed by atoms with Gasteiger partial charge in [-0.2, -0.15) is 0 Å². The zero-order chi connectivity index (χ0) is 40.8. The van der Waals surface area contributed by atoms with Crippen LogP contribution in [-0.4, -0.2) is 82.6 Å². The monoisotopic (exact) mass is 790 g/mol. The number of aliphatic hydroxyl groups is 2. The molecule has 3 aliphatic carbocycles. The molecular formula is C44H54O13. The molecule has 7 rings (SSSR count). The fourth-order valence-electron chi connectivity index (χ4n) is 10.2. The molecule has 1 saturated carbocycles. The molecule has 2 bridgehead atoms. The van der Waals surface area contributed by atoms with Crippen LogP contribution in [-0.2, 0) is 38.1 Å². The Kier molecular flexibility index (Phi) is 11.5. The SMILES string of the molecule is COc1cccc(C)c1C(=O)O[C@@H]1[C@H](O)C[C@H](O[C@@H]2CCC[C@@H]3[C@@H]2C=C[C@@H]2CCCC/C=C/[C@@H]4C=C(C(=O)O)[C@H](C)C[C@@]45OC(=O)C(=C5O)OC(=O)[C@]23C)O[C@H]1C. The summed E-state index contributed by atoms with van der Waals surface area (Å²) in [5, 5.41) is 32.8. The van der Waals surface area contributed by atoms with Crippen molar-refractivity contribution in [2.75, 3.05) is 7.11 Å². The van der Waals surface area contributed by atoms with E-state index in [2.05, 4.69) is 12.2 Å². The number of esters is 3. The summed E-state index contributed by atoms with van der Waals surface area (Å²) < 4.78 is 35.9. The minimum absolute atomic E-state index is 0.00624. The van der Waals surface area contributed by atoms with Crippen molar-refractivity contribution in [3.05, 3.63) is 76.8 Å². The quantitative estimate of drug-likeness (QED) is 0.163. The molecule has 13 heteroatoms. The molecule has 3 heterocycles. The van der Waals surface area contributed by atoms with Crippen LogP contribution >= 0.6 is 0 Å². The highest BCUT2D eigenvalue weighted by atomic mass is 16.7. The molecule has 0 amide bonds. The number of carboxylic acids is 1. The zero-order valence-electron chi connectivity index (χ0n) is 33.2. The van der Waals surface area contributed by atoms with Crippen molar-refractivity contribution < 1.29 is 62.9 Å². The molecule has 12 atom stereocenters. The van der Waals surface area contributed by atoms with Crippen molar-refractivity contribution >= 4 is 23.9 Å². The number of benzene rings is 1. The molecule has 3 N–H and O–H groups in total. The molecule has 0 radical (unpaired) electrons. The molecule has 6 aliphatic rings. The van der Waals surface area contributed by atoms with Crippen LogP contribution in [0.25, 0.3) is 0 Å². The average molecular weight is 791 g/mol. The number of aryl methyl sites for hydroxylation is 1. The number of rotatable bonds is 6. The molecule has 1 aromatic carbocycles. The van der Waals surface area contributed by atoms with Gasteiger partial charge >= 0.3 is 23.9 Å². The molecule has 0 aromatic heterocycles. The number of methoxy groups -OCH3 is 1. The fraction of sp³-hybridized carbons (Fsp3) is 0.591. The Morgan fingerprint density at radius 3 is 2.54 bits per heavy atom. The lowest BCUT2D eigenvalue weighted by molar-refractivity contribution is -0.269. The van der Waals surface area contributed by atoms with Gasteiger partial charge in [-0.3, -0.25) is 4.79 Å². The summed E-state index contributed by atoms with van der Waals surface area (Å²) in [6.45, 7) is 7.08.